The number of para-hydroxylation sites is 1. The van der Waals surface area contributed by atoms with Crippen molar-refractivity contribution in [1.82, 2.24) is 9.88 Å². The maximum absolute atomic E-state index is 13.4. The summed E-state index contributed by atoms with van der Waals surface area (Å²) < 4.78 is 15.6. The van der Waals surface area contributed by atoms with Crippen LogP contribution in [0.3, 0.4) is 0 Å². The number of aryl methyl sites for hydroxylation is 1. The van der Waals surface area contributed by atoms with Gasteiger partial charge in [0.05, 0.1) is 0 Å². The fourth-order valence-corrected chi connectivity index (χ4v) is 4.46. The van der Waals surface area contributed by atoms with Gasteiger partial charge in [-0.2, -0.15) is 0 Å². The molecule has 4 heteroatoms. The fourth-order valence-electron chi connectivity index (χ4n) is 4.46. The SMILES string of the molecule is Cc1cccc(C(CC(=O)NC2CC2)c2cn(Cc3ccc(F)cc3)c3ccccc23)c1. The molecule has 1 aliphatic rings. The van der Waals surface area contributed by atoms with E-state index in [0.717, 1.165) is 40.4 Å². The first-order chi connectivity index (χ1) is 15.6. The topological polar surface area (TPSA) is 34.0 Å². The summed E-state index contributed by atoms with van der Waals surface area (Å²) in [6.45, 7) is 2.73. The predicted molar refractivity (Wildman–Crippen MR) is 126 cm³/mol. The molecule has 5 rings (SSSR count). The standard InChI is InChI=1S/C28H27FN2O/c1-19-5-4-6-21(15-19)25(16-28(32)30-23-13-14-23)26-18-31(27-8-3-2-7-24(26)27)17-20-9-11-22(29)12-10-20/h2-12,15,18,23,25H,13-14,16-17H2,1H3,(H,30,32). The van der Waals surface area contributed by atoms with Crippen molar-refractivity contribution in [2.45, 2.75) is 44.7 Å². The van der Waals surface area contributed by atoms with Crippen molar-refractivity contribution in [2.24, 2.45) is 0 Å². The van der Waals surface area contributed by atoms with Crippen LogP contribution in [0.15, 0.2) is 79.0 Å². The van der Waals surface area contributed by atoms with Crippen LogP contribution in [0.1, 0.15) is 47.4 Å². The minimum atomic E-state index is -0.229. The molecule has 1 unspecified atom stereocenters. The van der Waals surface area contributed by atoms with E-state index in [1.54, 1.807) is 0 Å². The molecule has 32 heavy (non-hydrogen) atoms. The molecule has 0 saturated heterocycles. The lowest BCUT2D eigenvalue weighted by Crippen LogP contribution is -2.27. The van der Waals surface area contributed by atoms with Crippen molar-refractivity contribution >= 4 is 16.8 Å². The Hall–Kier alpha value is -3.40. The van der Waals surface area contributed by atoms with Crippen LogP contribution in [0.5, 0.6) is 0 Å². The predicted octanol–water partition coefficient (Wildman–Crippen LogP) is 5.94. The van der Waals surface area contributed by atoms with Crippen molar-refractivity contribution in [1.29, 1.82) is 0 Å². The lowest BCUT2D eigenvalue weighted by Gasteiger charge is -2.18. The van der Waals surface area contributed by atoms with E-state index in [2.05, 4.69) is 59.4 Å². The van der Waals surface area contributed by atoms with Gasteiger partial charge in [-0.25, -0.2) is 4.39 Å². The number of carbonyl (C=O) groups excluding carboxylic acids is 1. The van der Waals surface area contributed by atoms with Crippen molar-refractivity contribution < 1.29 is 9.18 Å². The zero-order valence-electron chi connectivity index (χ0n) is 18.2. The van der Waals surface area contributed by atoms with Crippen molar-refractivity contribution in [3.05, 3.63) is 107 Å². The Morgan fingerprint density at radius 3 is 2.59 bits per heavy atom. The molecule has 162 valence electrons. The number of hydrogen-bond donors (Lipinski definition) is 1. The van der Waals surface area contributed by atoms with E-state index >= 15 is 0 Å². The fraction of sp³-hybridized carbons (Fsp3) is 0.250. The van der Waals surface area contributed by atoms with Gasteiger partial charge >= 0.3 is 0 Å². The Bertz CT molecular complexity index is 1250. The van der Waals surface area contributed by atoms with Gasteiger partial charge in [0, 0.05) is 42.0 Å². The minimum absolute atomic E-state index is 0.0342. The number of benzene rings is 3. The molecular formula is C28H27FN2O. The average molecular weight is 427 g/mol. The molecule has 1 amide bonds. The summed E-state index contributed by atoms with van der Waals surface area (Å²) in [5, 5.41) is 4.31. The molecule has 4 aromatic rings. The highest BCUT2D eigenvalue weighted by Crippen LogP contribution is 2.36. The van der Waals surface area contributed by atoms with Crippen LogP contribution < -0.4 is 5.32 Å². The molecule has 1 atom stereocenters. The highest BCUT2D eigenvalue weighted by Gasteiger charge is 2.27. The summed E-state index contributed by atoms with van der Waals surface area (Å²) in [4.78, 5) is 12.8. The Morgan fingerprint density at radius 2 is 1.84 bits per heavy atom. The normalized spacial score (nSPS) is 14.4. The van der Waals surface area contributed by atoms with Crippen LogP contribution >= 0.6 is 0 Å². The largest absolute Gasteiger partial charge is 0.353 e. The van der Waals surface area contributed by atoms with Crippen molar-refractivity contribution in [3.8, 4) is 0 Å². The maximum Gasteiger partial charge on any atom is 0.221 e. The first-order valence-electron chi connectivity index (χ1n) is 11.2. The Morgan fingerprint density at radius 1 is 1.06 bits per heavy atom. The molecule has 1 N–H and O–H groups in total. The summed E-state index contributed by atoms with van der Waals surface area (Å²) in [5.41, 5.74) is 5.65. The van der Waals surface area contributed by atoms with Gasteiger partial charge in [0.15, 0.2) is 0 Å². The molecule has 1 aliphatic carbocycles. The first kappa shape index (κ1) is 20.5. The summed E-state index contributed by atoms with van der Waals surface area (Å²) in [6.07, 6.45) is 4.76. The molecule has 1 heterocycles. The van der Waals surface area contributed by atoms with Crippen LogP contribution in [0.2, 0.25) is 0 Å². The summed E-state index contributed by atoms with van der Waals surface area (Å²) in [6, 6.07) is 23.8. The highest BCUT2D eigenvalue weighted by atomic mass is 19.1. The number of hydrogen-bond acceptors (Lipinski definition) is 1. The maximum atomic E-state index is 13.4. The van der Waals surface area contributed by atoms with E-state index in [9.17, 15) is 9.18 Å². The third-order valence-electron chi connectivity index (χ3n) is 6.24. The molecular weight excluding hydrogens is 399 g/mol. The molecule has 0 aliphatic heterocycles. The molecule has 1 saturated carbocycles. The Labute approximate surface area is 187 Å². The van der Waals surface area contributed by atoms with Crippen LogP contribution in [-0.4, -0.2) is 16.5 Å². The number of nitrogens with zero attached hydrogens (tertiary/aromatic N) is 1. The number of rotatable bonds is 7. The Kier molecular flexibility index (Phi) is 5.52. The van der Waals surface area contributed by atoms with Crippen LogP contribution in [0, 0.1) is 12.7 Å². The van der Waals surface area contributed by atoms with Crippen LogP contribution in [0.25, 0.3) is 10.9 Å². The van der Waals surface area contributed by atoms with Gasteiger partial charge in [-0.15, -0.1) is 0 Å². The molecule has 0 radical (unpaired) electrons. The third kappa shape index (κ3) is 4.45. The van der Waals surface area contributed by atoms with Gasteiger partial charge in [0.2, 0.25) is 5.91 Å². The second-order valence-corrected chi connectivity index (χ2v) is 8.87. The van der Waals surface area contributed by atoms with Crippen molar-refractivity contribution in [2.75, 3.05) is 0 Å². The first-order valence-corrected chi connectivity index (χ1v) is 11.2. The summed E-state index contributed by atoms with van der Waals surface area (Å²) in [5.74, 6) is -0.157. The van der Waals surface area contributed by atoms with Gasteiger partial charge < -0.3 is 9.88 Å². The van der Waals surface area contributed by atoms with E-state index in [4.69, 9.17) is 0 Å². The third-order valence-corrected chi connectivity index (χ3v) is 6.24. The van der Waals surface area contributed by atoms with E-state index in [-0.39, 0.29) is 17.6 Å². The van der Waals surface area contributed by atoms with Gasteiger partial charge in [-0.1, -0.05) is 60.2 Å². The second-order valence-electron chi connectivity index (χ2n) is 8.87. The molecule has 3 aromatic carbocycles. The molecule has 0 bridgehead atoms. The highest BCUT2D eigenvalue weighted by molar-refractivity contribution is 5.87. The average Bonchev–Trinajstić information content (AvgIpc) is 3.53. The lowest BCUT2D eigenvalue weighted by atomic mass is 9.87. The van der Waals surface area contributed by atoms with Gasteiger partial charge in [-0.05, 0) is 54.7 Å². The van der Waals surface area contributed by atoms with E-state index in [1.807, 2.05) is 24.3 Å². The van der Waals surface area contributed by atoms with E-state index < -0.39 is 0 Å². The number of halogens is 1. The van der Waals surface area contributed by atoms with Crippen LogP contribution in [0.4, 0.5) is 4.39 Å². The number of aromatic nitrogens is 1. The zero-order valence-corrected chi connectivity index (χ0v) is 18.2. The number of carbonyl (C=O) groups is 1. The molecule has 1 aromatic heterocycles. The number of fused-ring (bicyclic) bond motifs is 1. The summed E-state index contributed by atoms with van der Waals surface area (Å²) >= 11 is 0. The van der Waals surface area contributed by atoms with Crippen molar-refractivity contribution in [3.63, 3.8) is 0 Å². The minimum Gasteiger partial charge on any atom is -0.353 e. The van der Waals surface area contributed by atoms with E-state index in [1.165, 1.54) is 17.7 Å². The quantitative estimate of drug-likeness (QED) is 0.390. The van der Waals surface area contributed by atoms with Crippen LogP contribution in [-0.2, 0) is 11.3 Å². The second kappa shape index (κ2) is 8.62. The lowest BCUT2D eigenvalue weighted by molar-refractivity contribution is -0.121. The number of nitrogens with one attached hydrogen (secondary N) is 1. The van der Waals surface area contributed by atoms with Gasteiger partial charge in [0.25, 0.3) is 0 Å². The van der Waals surface area contributed by atoms with Gasteiger partial charge in [-0.3, -0.25) is 4.79 Å². The van der Waals surface area contributed by atoms with Gasteiger partial charge in [0.1, 0.15) is 5.82 Å². The monoisotopic (exact) mass is 426 g/mol. The Balaban J connectivity index is 1.56. The summed E-state index contributed by atoms with van der Waals surface area (Å²) in [7, 11) is 0. The zero-order chi connectivity index (χ0) is 22.1. The molecule has 1 fully saturated rings. The number of amides is 1. The molecule has 0 spiro atoms. The molecule has 3 nitrogen and oxygen atoms in total. The smallest absolute Gasteiger partial charge is 0.221 e. The van der Waals surface area contributed by atoms with E-state index in [0.29, 0.717) is 19.0 Å².